The molecule has 1 N–H and O–H groups in total. The van der Waals surface area contributed by atoms with Crippen LogP contribution >= 0.6 is 0 Å². The van der Waals surface area contributed by atoms with Crippen LogP contribution in [0.2, 0.25) is 0 Å². The predicted molar refractivity (Wildman–Crippen MR) is 89.8 cm³/mol. The van der Waals surface area contributed by atoms with Gasteiger partial charge in [-0.05, 0) is 24.6 Å². The number of amides is 2. The van der Waals surface area contributed by atoms with E-state index in [4.69, 9.17) is 4.74 Å². The van der Waals surface area contributed by atoms with E-state index in [9.17, 15) is 14.4 Å². The first-order valence-corrected chi connectivity index (χ1v) is 7.87. The van der Waals surface area contributed by atoms with Gasteiger partial charge in [0.25, 0.3) is 0 Å². The fourth-order valence-corrected chi connectivity index (χ4v) is 2.62. The number of hydrogen-bond acceptors (Lipinski definition) is 5. The molecule has 0 radical (unpaired) electrons. The molecule has 1 saturated heterocycles. The van der Waals surface area contributed by atoms with Crippen molar-refractivity contribution in [2.45, 2.75) is 13.8 Å². The third kappa shape index (κ3) is 4.55. The molecule has 24 heavy (non-hydrogen) atoms. The van der Waals surface area contributed by atoms with E-state index in [2.05, 4.69) is 5.32 Å². The van der Waals surface area contributed by atoms with Crippen molar-refractivity contribution >= 4 is 23.5 Å². The van der Waals surface area contributed by atoms with Gasteiger partial charge in [-0.25, -0.2) is 4.79 Å². The van der Waals surface area contributed by atoms with Crippen molar-refractivity contribution in [3.63, 3.8) is 0 Å². The van der Waals surface area contributed by atoms with Crippen LogP contribution in [0.15, 0.2) is 18.2 Å². The fraction of sp³-hybridized carbons (Fsp3) is 0.471. The fourth-order valence-electron chi connectivity index (χ4n) is 2.62. The van der Waals surface area contributed by atoms with Crippen LogP contribution in [0.4, 0.5) is 5.69 Å². The Labute approximate surface area is 141 Å². The van der Waals surface area contributed by atoms with Gasteiger partial charge in [-0.1, -0.05) is 6.07 Å². The van der Waals surface area contributed by atoms with Gasteiger partial charge in [0, 0.05) is 38.8 Å². The van der Waals surface area contributed by atoms with E-state index in [1.807, 2.05) is 11.8 Å². The van der Waals surface area contributed by atoms with E-state index in [0.717, 1.165) is 5.56 Å². The lowest BCUT2D eigenvalue weighted by Gasteiger charge is -2.33. The molecule has 7 nitrogen and oxygen atoms in total. The molecule has 0 bridgehead atoms. The third-order valence-corrected chi connectivity index (χ3v) is 4.12. The van der Waals surface area contributed by atoms with E-state index in [0.29, 0.717) is 37.4 Å². The van der Waals surface area contributed by atoms with Gasteiger partial charge in [-0.15, -0.1) is 0 Å². The number of benzene rings is 1. The summed E-state index contributed by atoms with van der Waals surface area (Å²) in [7, 11) is 1.32. The Kier molecular flexibility index (Phi) is 5.92. The number of hydrogen-bond donors (Lipinski definition) is 1. The zero-order valence-electron chi connectivity index (χ0n) is 14.3. The first-order chi connectivity index (χ1) is 11.4. The number of esters is 1. The lowest BCUT2D eigenvalue weighted by molar-refractivity contribution is -0.130. The van der Waals surface area contributed by atoms with Gasteiger partial charge in [0.1, 0.15) is 0 Å². The summed E-state index contributed by atoms with van der Waals surface area (Å²) in [6, 6.07) is 5.05. The number of carbonyl (C=O) groups is 3. The van der Waals surface area contributed by atoms with Crippen molar-refractivity contribution in [2.75, 3.05) is 45.2 Å². The van der Waals surface area contributed by atoms with Gasteiger partial charge >= 0.3 is 5.97 Å². The van der Waals surface area contributed by atoms with E-state index < -0.39 is 5.97 Å². The highest BCUT2D eigenvalue weighted by Crippen LogP contribution is 2.17. The zero-order chi connectivity index (χ0) is 17.7. The van der Waals surface area contributed by atoms with Crippen molar-refractivity contribution in [3.8, 4) is 0 Å². The molecule has 1 fully saturated rings. The monoisotopic (exact) mass is 333 g/mol. The van der Waals surface area contributed by atoms with Gasteiger partial charge in [0.2, 0.25) is 11.8 Å². The highest BCUT2D eigenvalue weighted by molar-refractivity contribution is 5.96. The van der Waals surface area contributed by atoms with Gasteiger partial charge in [0.05, 0.1) is 19.2 Å². The van der Waals surface area contributed by atoms with Crippen molar-refractivity contribution < 1.29 is 19.1 Å². The Morgan fingerprint density at radius 2 is 1.83 bits per heavy atom. The molecule has 0 saturated carbocycles. The molecule has 0 unspecified atom stereocenters. The topological polar surface area (TPSA) is 79.0 Å². The quantitative estimate of drug-likeness (QED) is 0.828. The lowest BCUT2D eigenvalue weighted by atomic mass is 10.1. The average molecular weight is 333 g/mol. The summed E-state index contributed by atoms with van der Waals surface area (Å²) in [6.07, 6.45) is 0. The van der Waals surface area contributed by atoms with Crippen LogP contribution in [0.1, 0.15) is 22.8 Å². The molecular weight excluding hydrogens is 310 g/mol. The first-order valence-electron chi connectivity index (χ1n) is 7.87. The zero-order valence-corrected chi connectivity index (χ0v) is 14.3. The number of anilines is 1. The molecule has 1 aromatic carbocycles. The Morgan fingerprint density at radius 3 is 2.42 bits per heavy atom. The van der Waals surface area contributed by atoms with Crippen molar-refractivity contribution in [2.24, 2.45) is 0 Å². The number of aryl methyl sites for hydroxylation is 1. The van der Waals surface area contributed by atoms with Crippen LogP contribution in [0.5, 0.6) is 0 Å². The van der Waals surface area contributed by atoms with E-state index in [-0.39, 0.29) is 18.4 Å². The predicted octanol–water partition coefficient (Wildman–Crippen LogP) is 0.884. The van der Waals surface area contributed by atoms with Crippen LogP contribution in [-0.4, -0.2) is 67.4 Å². The van der Waals surface area contributed by atoms with Crippen LogP contribution < -0.4 is 5.32 Å². The SMILES string of the molecule is COC(=O)c1ccc(C)c(NC(=O)CN2CCN(C(C)=O)CC2)c1. The van der Waals surface area contributed by atoms with Crippen LogP contribution in [0, 0.1) is 6.92 Å². The highest BCUT2D eigenvalue weighted by atomic mass is 16.5. The molecule has 130 valence electrons. The van der Waals surface area contributed by atoms with Gasteiger partial charge in [0.15, 0.2) is 0 Å². The largest absolute Gasteiger partial charge is 0.465 e. The summed E-state index contributed by atoms with van der Waals surface area (Å²) >= 11 is 0. The summed E-state index contributed by atoms with van der Waals surface area (Å²) in [6.45, 7) is 6.30. The lowest BCUT2D eigenvalue weighted by Crippen LogP contribution is -2.49. The number of methoxy groups -OCH3 is 1. The number of rotatable bonds is 4. The summed E-state index contributed by atoms with van der Waals surface area (Å²) < 4.78 is 4.69. The minimum Gasteiger partial charge on any atom is -0.465 e. The Hall–Kier alpha value is -2.41. The van der Waals surface area contributed by atoms with Gasteiger partial charge in [-0.2, -0.15) is 0 Å². The first kappa shape index (κ1) is 17.9. The Bertz CT molecular complexity index is 637. The number of ether oxygens (including phenoxy) is 1. The van der Waals surface area contributed by atoms with Crippen molar-refractivity contribution in [1.29, 1.82) is 0 Å². The molecule has 7 heteroatoms. The molecule has 1 aliphatic rings. The molecule has 0 atom stereocenters. The molecule has 2 rings (SSSR count). The van der Waals surface area contributed by atoms with E-state index in [1.165, 1.54) is 7.11 Å². The normalized spacial score (nSPS) is 15.0. The summed E-state index contributed by atoms with van der Waals surface area (Å²) in [5, 5.41) is 2.84. The minimum absolute atomic E-state index is 0.0642. The molecule has 0 spiro atoms. The summed E-state index contributed by atoms with van der Waals surface area (Å²) in [4.78, 5) is 38.9. The smallest absolute Gasteiger partial charge is 0.337 e. The standard InChI is InChI=1S/C17H23N3O4/c1-12-4-5-14(17(23)24-3)10-15(12)18-16(22)11-19-6-8-20(9-7-19)13(2)21/h4-5,10H,6-9,11H2,1-3H3,(H,18,22). The van der Waals surface area contributed by atoms with Gasteiger partial charge < -0.3 is 15.0 Å². The second kappa shape index (κ2) is 7.92. The molecule has 1 heterocycles. The summed E-state index contributed by atoms with van der Waals surface area (Å²) in [5.74, 6) is -0.517. The Morgan fingerprint density at radius 1 is 1.17 bits per heavy atom. The summed E-state index contributed by atoms with van der Waals surface area (Å²) in [5.41, 5.74) is 1.87. The number of piperazine rings is 1. The molecule has 0 aromatic heterocycles. The second-order valence-corrected chi connectivity index (χ2v) is 5.85. The number of nitrogens with one attached hydrogen (secondary N) is 1. The maximum atomic E-state index is 12.2. The molecule has 1 aromatic rings. The average Bonchev–Trinajstić information content (AvgIpc) is 2.56. The van der Waals surface area contributed by atoms with Crippen LogP contribution in [0.3, 0.4) is 0 Å². The molecule has 1 aliphatic heterocycles. The van der Waals surface area contributed by atoms with Gasteiger partial charge in [-0.3, -0.25) is 14.5 Å². The third-order valence-electron chi connectivity index (χ3n) is 4.12. The van der Waals surface area contributed by atoms with Crippen molar-refractivity contribution in [1.82, 2.24) is 9.80 Å². The van der Waals surface area contributed by atoms with E-state index in [1.54, 1.807) is 30.0 Å². The molecular formula is C17H23N3O4. The number of nitrogens with zero attached hydrogens (tertiary/aromatic N) is 2. The minimum atomic E-state index is -0.439. The molecule has 0 aliphatic carbocycles. The van der Waals surface area contributed by atoms with Crippen molar-refractivity contribution in [3.05, 3.63) is 29.3 Å². The Balaban J connectivity index is 1.93. The number of carbonyl (C=O) groups excluding carboxylic acids is 3. The maximum absolute atomic E-state index is 12.2. The maximum Gasteiger partial charge on any atom is 0.337 e. The second-order valence-electron chi connectivity index (χ2n) is 5.85. The van der Waals surface area contributed by atoms with E-state index >= 15 is 0 Å². The van der Waals surface area contributed by atoms with Crippen LogP contribution in [-0.2, 0) is 14.3 Å². The van der Waals surface area contributed by atoms with Crippen LogP contribution in [0.25, 0.3) is 0 Å². The molecule has 2 amide bonds. The highest BCUT2D eigenvalue weighted by Gasteiger charge is 2.20.